The lowest BCUT2D eigenvalue weighted by atomic mass is 9.98. The Hall–Kier alpha value is -3.18. The minimum absolute atomic E-state index is 0.329. The molecule has 3 aromatic carbocycles. The summed E-state index contributed by atoms with van der Waals surface area (Å²) in [6, 6.07) is 18.6. The first kappa shape index (κ1) is 18.6. The van der Waals surface area contributed by atoms with E-state index in [1.807, 2.05) is 37.1 Å². The number of rotatable bonds is 5. The number of halogens is 2. The van der Waals surface area contributed by atoms with E-state index in [0.29, 0.717) is 5.56 Å². The van der Waals surface area contributed by atoms with Crippen LogP contribution in [0.15, 0.2) is 72.8 Å². The largest absolute Gasteiger partial charge is 0.205 e. The third-order valence-corrected chi connectivity index (χ3v) is 4.53. The molecular formula is C25H20F2. The van der Waals surface area contributed by atoms with Crippen LogP contribution in [0.25, 0.3) is 22.3 Å². The van der Waals surface area contributed by atoms with E-state index >= 15 is 0 Å². The molecule has 0 aliphatic heterocycles. The zero-order chi connectivity index (χ0) is 19.2. The Morgan fingerprint density at radius 1 is 0.815 bits per heavy atom. The Bertz CT molecular complexity index is 965. The molecule has 0 unspecified atom stereocenters. The normalized spacial score (nSPS) is 10.9. The molecule has 3 aromatic rings. The van der Waals surface area contributed by atoms with E-state index in [1.165, 1.54) is 17.7 Å². The van der Waals surface area contributed by atoms with Crippen LogP contribution in [-0.2, 0) is 6.42 Å². The van der Waals surface area contributed by atoms with Crippen molar-refractivity contribution in [3.63, 3.8) is 0 Å². The van der Waals surface area contributed by atoms with E-state index in [1.54, 1.807) is 0 Å². The lowest BCUT2D eigenvalue weighted by Gasteiger charge is -2.08. The summed E-state index contributed by atoms with van der Waals surface area (Å²) < 4.78 is 27.8. The van der Waals surface area contributed by atoms with Gasteiger partial charge in [0.25, 0.3) is 0 Å². The highest BCUT2D eigenvalue weighted by Gasteiger charge is 2.10. The van der Waals surface area contributed by atoms with Gasteiger partial charge in [-0.1, -0.05) is 66.6 Å². The zero-order valence-corrected chi connectivity index (χ0v) is 15.2. The van der Waals surface area contributed by atoms with Gasteiger partial charge in [-0.05, 0) is 59.7 Å². The van der Waals surface area contributed by atoms with Crippen LogP contribution >= 0.6 is 0 Å². The summed E-state index contributed by atoms with van der Waals surface area (Å²) in [5.41, 5.74) is 4.34. The van der Waals surface area contributed by atoms with Gasteiger partial charge in [-0.25, -0.2) is 8.78 Å². The van der Waals surface area contributed by atoms with Crippen molar-refractivity contribution >= 4 is 0 Å². The number of benzene rings is 3. The number of allylic oxidation sites excluding steroid dienone is 2. The third-order valence-electron chi connectivity index (χ3n) is 4.53. The fourth-order valence-electron chi connectivity index (χ4n) is 3.01. The summed E-state index contributed by atoms with van der Waals surface area (Å²) in [6.07, 6.45) is 11.4. The molecule has 3 rings (SSSR count). The minimum Gasteiger partial charge on any atom is -0.205 e. The molecule has 0 radical (unpaired) electrons. The van der Waals surface area contributed by atoms with Crippen molar-refractivity contribution in [2.45, 2.75) is 19.8 Å². The highest BCUT2D eigenvalue weighted by atomic mass is 19.1. The molecule has 27 heavy (non-hydrogen) atoms. The van der Waals surface area contributed by atoms with E-state index in [-0.39, 0.29) is 5.56 Å². The predicted molar refractivity (Wildman–Crippen MR) is 108 cm³/mol. The molecule has 0 amide bonds. The maximum absolute atomic E-state index is 13.9. The van der Waals surface area contributed by atoms with Crippen LogP contribution in [0.2, 0.25) is 0 Å². The zero-order valence-electron chi connectivity index (χ0n) is 15.2. The maximum atomic E-state index is 13.9. The summed E-state index contributed by atoms with van der Waals surface area (Å²) in [6.45, 7) is 2.03. The topological polar surface area (TPSA) is 0 Å². The SMILES string of the molecule is C#Cc1c(F)cc(-c2ccc(-c3ccc(CC/C=C/C)cc3)cc2)cc1F. The second-order valence-electron chi connectivity index (χ2n) is 6.34. The minimum atomic E-state index is -0.718. The van der Waals surface area contributed by atoms with E-state index in [2.05, 4.69) is 36.4 Å². The van der Waals surface area contributed by atoms with Crippen molar-refractivity contribution < 1.29 is 8.78 Å². The Morgan fingerprint density at radius 3 is 1.78 bits per heavy atom. The first-order valence-electron chi connectivity index (χ1n) is 8.89. The fraction of sp³-hybridized carbons (Fsp3) is 0.120. The molecular weight excluding hydrogens is 338 g/mol. The second-order valence-corrected chi connectivity index (χ2v) is 6.34. The fourth-order valence-corrected chi connectivity index (χ4v) is 3.01. The molecule has 0 aromatic heterocycles. The molecule has 0 aliphatic rings. The predicted octanol–water partition coefficient (Wildman–Crippen LogP) is 6.79. The van der Waals surface area contributed by atoms with Crippen molar-refractivity contribution in [1.82, 2.24) is 0 Å². The molecule has 0 atom stereocenters. The lowest BCUT2D eigenvalue weighted by molar-refractivity contribution is 0.578. The molecule has 134 valence electrons. The number of aryl methyl sites for hydroxylation is 1. The smallest absolute Gasteiger partial charge is 0.142 e. The Balaban J connectivity index is 1.80. The van der Waals surface area contributed by atoms with Crippen LogP contribution in [0.4, 0.5) is 8.78 Å². The highest BCUT2D eigenvalue weighted by molar-refractivity contribution is 5.71. The van der Waals surface area contributed by atoms with Gasteiger partial charge in [0.15, 0.2) is 0 Å². The molecule has 2 heteroatoms. The highest BCUT2D eigenvalue weighted by Crippen LogP contribution is 2.27. The molecule has 0 heterocycles. The van der Waals surface area contributed by atoms with E-state index < -0.39 is 11.6 Å². The van der Waals surface area contributed by atoms with Crippen LogP contribution in [0, 0.1) is 24.0 Å². The van der Waals surface area contributed by atoms with Crippen LogP contribution in [-0.4, -0.2) is 0 Å². The summed E-state index contributed by atoms with van der Waals surface area (Å²) in [5, 5.41) is 0. The molecule has 0 N–H and O–H groups in total. The van der Waals surface area contributed by atoms with E-state index in [9.17, 15) is 8.78 Å². The van der Waals surface area contributed by atoms with Crippen LogP contribution < -0.4 is 0 Å². The first-order chi connectivity index (χ1) is 13.1. The number of hydrogen-bond donors (Lipinski definition) is 0. The van der Waals surface area contributed by atoms with Gasteiger partial charge in [0.1, 0.15) is 11.6 Å². The Labute approximate surface area is 159 Å². The van der Waals surface area contributed by atoms with Crippen molar-refractivity contribution in [2.24, 2.45) is 0 Å². The Kier molecular flexibility index (Phi) is 5.84. The van der Waals surface area contributed by atoms with Gasteiger partial charge in [0.05, 0.1) is 5.56 Å². The number of hydrogen-bond acceptors (Lipinski definition) is 0. The standard InChI is InChI=1S/C25H20F2/c1-3-5-6-7-18-8-10-19(11-9-18)20-12-14-21(15-13-20)22-16-24(26)23(4-2)25(27)17-22/h2-3,5,8-17H,6-7H2,1H3/b5-3+. The lowest BCUT2D eigenvalue weighted by Crippen LogP contribution is -1.92. The molecule has 0 nitrogen and oxygen atoms in total. The van der Waals surface area contributed by atoms with Crippen LogP contribution in [0.3, 0.4) is 0 Å². The van der Waals surface area contributed by atoms with Gasteiger partial charge >= 0.3 is 0 Å². The summed E-state index contributed by atoms with van der Waals surface area (Å²) in [4.78, 5) is 0. The molecule has 0 aliphatic carbocycles. The molecule has 0 saturated heterocycles. The molecule has 0 spiro atoms. The molecule has 0 bridgehead atoms. The quantitative estimate of drug-likeness (QED) is 0.348. The molecule has 0 fully saturated rings. The maximum Gasteiger partial charge on any atom is 0.142 e. The number of terminal acetylenes is 1. The Morgan fingerprint density at radius 2 is 1.30 bits per heavy atom. The van der Waals surface area contributed by atoms with Crippen molar-refractivity contribution in [3.05, 3.63) is 95.6 Å². The van der Waals surface area contributed by atoms with Gasteiger partial charge in [0, 0.05) is 0 Å². The van der Waals surface area contributed by atoms with Crippen LogP contribution in [0.5, 0.6) is 0 Å². The van der Waals surface area contributed by atoms with Gasteiger partial charge in [-0.2, -0.15) is 0 Å². The average molecular weight is 358 g/mol. The van der Waals surface area contributed by atoms with Crippen molar-refractivity contribution in [2.75, 3.05) is 0 Å². The van der Waals surface area contributed by atoms with Crippen molar-refractivity contribution in [1.29, 1.82) is 0 Å². The van der Waals surface area contributed by atoms with Gasteiger partial charge < -0.3 is 0 Å². The first-order valence-corrected chi connectivity index (χ1v) is 8.89. The van der Waals surface area contributed by atoms with Crippen molar-refractivity contribution in [3.8, 4) is 34.6 Å². The second kappa shape index (κ2) is 8.47. The average Bonchev–Trinajstić information content (AvgIpc) is 2.69. The summed E-state index contributed by atoms with van der Waals surface area (Å²) in [7, 11) is 0. The van der Waals surface area contributed by atoms with E-state index in [4.69, 9.17) is 6.42 Å². The monoisotopic (exact) mass is 358 g/mol. The van der Waals surface area contributed by atoms with Gasteiger partial charge in [-0.3, -0.25) is 0 Å². The summed E-state index contributed by atoms with van der Waals surface area (Å²) in [5.74, 6) is 0.605. The molecule has 0 saturated carbocycles. The van der Waals surface area contributed by atoms with Gasteiger partial charge in [0.2, 0.25) is 0 Å². The van der Waals surface area contributed by atoms with Crippen LogP contribution in [0.1, 0.15) is 24.5 Å². The third kappa shape index (κ3) is 4.33. The van der Waals surface area contributed by atoms with E-state index in [0.717, 1.165) is 29.5 Å². The summed E-state index contributed by atoms with van der Waals surface area (Å²) >= 11 is 0. The van der Waals surface area contributed by atoms with Gasteiger partial charge in [-0.15, -0.1) is 6.42 Å².